The van der Waals surface area contributed by atoms with E-state index in [9.17, 15) is 4.39 Å². The van der Waals surface area contributed by atoms with E-state index < -0.39 is 0 Å². The molecule has 0 aliphatic heterocycles. The molecule has 0 saturated heterocycles. The van der Waals surface area contributed by atoms with Crippen LogP contribution in [0.1, 0.15) is 27.1 Å². The molecule has 1 atom stereocenters. The lowest BCUT2D eigenvalue weighted by Gasteiger charge is -2.16. The largest absolute Gasteiger partial charge is 0.496 e. The minimum absolute atomic E-state index is 0.191. The van der Waals surface area contributed by atoms with E-state index in [1.807, 2.05) is 26.0 Å². The second-order valence-corrected chi connectivity index (χ2v) is 6.55. The first-order chi connectivity index (χ1) is 9.43. The van der Waals surface area contributed by atoms with Crippen LogP contribution in [0.5, 0.6) is 5.75 Å². The highest BCUT2D eigenvalue weighted by Crippen LogP contribution is 2.37. The van der Waals surface area contributed by atoms with Gasteiger partial charge in [-0.15, -0.1) is 0 Å². The number of aryl methyl sites for hydroxylation is 2. The van der Waals surface area contributed by atoms with Crippen LogP contribution in [0, 0.1) is 19.7 Å². The summed E-state index contributed by atoms with van der Waals surface area (Å²) in [6.07, 6.45) is 0. The molecule has 4 heteroatoms. The van der Waals surface area contributed by atoms with Gasteiger partial charge in [0.2, 0.25) is 0 Å². The molecule has 0 aromatic heterocycles. The molecule has 1 unspecified atom stereocenters. The summed E-state index contributed by atoms with van der Waals surface area (Å²) >= 11 is 6.97. The quantitative estimate of drug-likeness (QED) is 0.599. The van der Waals surface area contributed by atoms with Gasteiger partial charge in [-0.25, -0.2) is 4.39 Å². The Balaban J connectivity index is 2.48. The van der Waals surface area contributed by atoms with Crippen LogP contribution in [-0.2, 0) is 0 Å². The lowest BCUT2D eigenvalue weighted by atomic mass is 9.99. The number of halogens is 3. The molecule has 0 aliphatic rings. The molecule has 0 radical (unpaired) electrons. The third-order valence-electron chi connectivity index (χ3n) is 3.21. The fourth-order valence-corrected chi connectivity index (χ4v) is 3.33. The molecule has 0 saturated carbocycles. The van der Waals surface area contributed by atoms with E-state index in [0.29, 0.717) is 5.56 Å². The third-order valence-corrected chi connectivity index (χ3v) is 4.73. The van der Waals surface area contributed by atoms with Gasteiger partial charge >= 0.3 is 0 Å². The van der Waals surface area contributed by atoms with Crippen molar-refractivity contribution in [2.45, 2.75) is 18.7 Å². The second-order valence-electron chi connectivity index (χ2n) is 4.72. The van der Waals surface area contributed by atoms with Crippen LogP contribution in [-0.4, -0.2) is 7.11 Å². The minimum Gasteiger partial charge on any atom is -0.496 e. The topological polar surface area (TPSA) is 9.23 Å². The van der Waals surface area contributed by atoms with Gasteiger partial charge in [0.1, 0.15) is 11.6 Å². The molecule has 0 heterocycles. The van der Waals surface area contributed by atoms with Gasteiger partial charge in [0.25, 0.3) is 0 Å². The summed E-state index contributed by atoms with van der Waals surface area (Å²) < 4.78 is 20.2. The van der Waals surface area contributed by atoms with E-state index in [2.05, 4.69) is 31.9 Å². The van der Waals surface area contributed by atoms with Crippen molar-refractivity contribution in [3.05, 3.63) is 62.9 Å². The van der Waals surface area contributed by atoms with Crippen LogP contribution in [0.2, 0.25) is 0 Å². The van der Waals surface area contributed by atoms with Gasteiger partial charge < -0.3 is 4.74 Å². The molecule has 2 aromatic carbocycles. The number of hydrogen-bond acceptors (Lipinski definition) is 1. The van der Waals surface area contributed by atoms with Crippen molar-refractivity contribution in [1.82, 2.24) is 0 Å². The van der Waals surface area contributed by atoms with Gasteiger partial charge in [-0.05, 0) is 48.7 Å². The van der Waals surface area contributed by atoms with E-state index >= 15 is 0 Å². The lowest BCUT2D eigenvalue weighted by Crippen LogP contribution is -2.00. The molecule has 2 aromatic rings. The second kappa shape index (κ2) is 6.27. The molecular formula is C16H15Br2FO. The van der Waals surface area contributed by atoms with Crippen molar-refractivity contribution in [1.29, 1.82) is 0 Å². The first-order valence-electron chi connectivity index (χ1n) is 6.18. The zero-order valence-corrected chi connectivity index (χ0v) is 14.7. The third kappa shape index (κ3) is 3.07. The van der Waals surface area contributed by atoms with E-state index in [-0.39, 0.29) is 10.6 Å². The predicted octanol–water partition coefficient (Wildman–Crippen LogP) is 5.70. The van der Waals surface area contributed by atoms with Gasteiger partial charge in [-0.3, -0.25) is 0 Å². The predicted molar refractivity (Wildman–Crippen MR) is 87.3 cm³/mol. The fraction of sp³-hybridized carbons (Fsp3) is 0.250. The molecule has 0 amide bonds. The molecule has 0 bridgehead atoms. The summed E-state index contributed by atoms with van der Waals surface area (Å²) in [6.45, 7) is 3.98. The Morgan fingerprint density at radius 3 is 2.25 bits per heavy atom. The monoisotopic (exact) mass is 400 g/mol. The molecule has 0 aliphatic carbocycles. The Morgan fingerprint density at radius 2 is 1.70 bits per heavy atom. The lowest BCUT2D eigenvalue weighted by molar-refractivity contribution is 0.408. The average Bonchev–Trinajstić information content (AvgIpc) is 2.40. The Labute approximate surface area is 135 Å². The standard InChI is InChI=1S/C16H15Br2FO/c1-9-6-11(7-10(2)16(9)20-3)15(18)13-8-12(17)4-5-14(13)19/h4-8,15H,1-3H3. The molecule has 1 nitrogen and oxygen atoms in total. The summed E-state index contributed by atoms with van der Waals surface area (Å²) in [5.74, 6) is 0.657. The first-order valence-corrected chi connectivity index (χ1v) is 7.89. The van der Waals surface area contributed by atoms with Crippen LogP contribution in [0.4, 0.5) is 4.39 Å². The summed E-state index contributed by atoms with van der Waals surface area (Å²) in [6, 6.07) is 9.00. The molecule has 2 rings (SSSR count). The van der Waals surface area contributed by atoms with Crippen LogP contribution in [0.15, 0.2) is 34.8 Å². The van der Waals surface area contributed by atoms with E-state index in [4.69, 9.17) is 4.74 Å². The zero-order valence-electron chi connectivity index (χ0n) is 11.5. The summed E-state index contributed by atoms with van der Waals surface area (Å²) in [5, 5.41) is 0. The summed E-state index contributed by atoms with van der Waals surface area (Å²) in [5.41, 5.74) is 3.71. The van der Waals surface area contributed by atoms with E-state index in [1.165, 1.54) is 6.07 Å². The number of rotatable bonds is 3. The number of hydrogen-bond donors (Lipinski definition) is 0. The molecule has 0 N–H and O–H groups in total. The highest BCUT2D eigenvalue weighted by atomic mass is 79.9. The average molecular weight is 402 g/mol. The van der Waals surface area contributed by atoms with Gasteiger partial charge in [0, 0.05) is 10.0 Å². The molecular weight excluding hydrogens is 387 g/mol. The Bertz CT molecular complexity index is 617. The number of benzene rings is 2. The summed E-state index contributed by atoms with van der Waals surface area (Å²) in [4.78, 5) is -0.191. The minimum atomic E-state index is -0.221. The zero-order chi connectivity index (χ0) is 14.9. The first kappa shape index (κ1) is 15.5. The SMILES string of the molecule is COc1c(C)cc(C(Br)c2cc(Br)ccc2F)cc1C. The van der Waals surface area contributed by atoms with Crippen LogP contribution < -0.4 is 4.74 Å². The Hall–Kier alpha value is -0.870. The van der Waals surface area contributed by atoms with Crippen LogP contribution in [0.3, 0.4) is 0 Å². The number of methoxy groups -OCH3 is 1. The van der Waals surface area contributed by atoms with E-state index in [1.54, 1.807) is 19.2 Å². The van der Waals surface area contributed by atoms with Crippen molar-refractivity contribution in [3.63, 3.8) is 0 Å². The Morgan fingerprint density at radius 1 is 1.10 bits per heavy atom. The highest BCUT2D eigenvalue weighted by Gasteiger charge is 2.17. The maximum Gasteiger partial charge on any atom is 0.127 e. The fourth-order valence-electron chi connectivity index (χ4n) is 2.34. The molecule has 106 valence electrons. The van der Waals surface area contributed by atoms with Crippen molar-refractivity contribution in [3.8, 4) is 5.75 Å². The van der Waals surface area contributed by atoms with E-state index in [0.717, 1.165) is 26.9 Å². The van der Waals surface area contributed by atoms with Gasteiger partial charge in [-0.1, -0.05) is 44.0 Å². The Kier molecular flexibility index (Phi) is 4.86. The number of alkyl halides is 1. The van der Waals surface area contributed by atoms with Gasteiger partial charge in [0.15, 0.2) is 0 Å². The normalized spacial score (nSPS) is 12.3. The van der Waals surface area contributed by atoms with Crippen molar-refractivity contribution in [2.24, 2.45) is 0 Å². The molecule has 0 fully saturated rings. The summed E-state index contributed by atoms with van der Waals surface area (Å²) in [7, 11) is 1.66. The van der Waals surface area contributed by atoms with Crippen LogP contribution in [0.25, 0.3) is 0 Å². The van der Waals surface area contributed by atoms with Crippen molar-refractivity contribution in [2.75, 3.05) is 7.11 Å². The molecule has 20 heavy (non-hydrogen) atoms. The maximum atomic E-state index is 14.0. The van der Waals surface area contributed by atoms with Gasteiger partial charge in [0.05, 0.1) is 11.9 Å². The van der Waals surface area contributed by atoms with Crippen LogP contribution >= 0.6 is 31.9 Å². The van der Waals surface area contributed by atoms with Crippen molar-refractivity contribution >= 4 is 31.9 Å². The maximum absolute atomic E-state index is 14.0. The smallest absolute Gasteiger partial charge is 0.127 e. The highest BCUT2D eigenvalue weighted by molar-refractivity contribution is 9.10. The van der Waals surface area contributed by atoms with Crippen molar-refractivity contribution < 1.29 is 9.13 Å². The van der Waals surface area contributed by atoms with Gasteiger partial charge in [-0.2, -0.15) is 0 Å². The number of ether oxygens (including phenoxy) is 1. The molecule has 0 spiro atoms.